The Labute approximate surface area is 114 Å². The first-order chi connectivity index (χ1) is 7.72. The van der Waals surface area contributed by atoms with Gasteiger partial charge in [0.25, 0.3) is 0 Å². The summed E-state index contributed by atoms with van der Waals surface area (Å²) >= 11 is 0. The van der Waals surface area contributed by atoms with E-state index in [1.165, 1.54) is 0 Å². The molecule has 0 amide bonds. The number of carbonyl (C=O) groups excluding carboxylic acids is 2. The first-order valence-corrected chi connectivity index (χ1v) is 5.05. The number of hydrogen-bond donors (Lipinski definition) is 1. The molecule has 1 rings (SSSR count). The summed E-state index contributed by atoms with van der Waals surface area (Å²) in [6.45, 7) is 0.250. The molecular formula is C12H14NO3Os. The molecule has 1 aromatic carbocycles. The van der Waals surface area contributed by atoms with E-state index in [1.807, 2.05) is 30.3 Å². The van der Waals surface area contributed by atoms with Crippen LogP contribution in [-0.2, 0) is 40.7 Å². The maximum Gasteiger partial charge on any atom is 1.00 e. The van der Waals surface area contributed by atoms with Gasteiger partial charge in [0.05, 0.1) is 0 Å². The molecule has 2 N–H and O–H groups in total. The van der Waals surface area contributed by atoms with Crippen molar-refractivity contribution in [2.24, 2.45) is 5.73 Å². The number of ether oxygens (including phenoxy) is 1. The summed E-state index contributed by atoms with van der Waals surface area (Å²) in [6, 6.07) is 8.69. The molecule has 0 aliphatic heterocycles. The number of nitrogens with two attached hydrogens (primary N) is 1. The van der Waals surface area contributed by atoms with Crippen LogP contribution in [0.5, 0.6) is 0 Å². The van der Waals surface area contributed by atoms with E-state index in [-0.39, 0.29) is 45.2 Å². The van der Waals surface area contributed by atoms with Gasteiger partial charge in [0.15, 0.2) is 0 Å². The van der Waals surface area contributed by atoms with Gasteiger partial charge in [-0.3, -0.25) is 4.79 Å². The van der Waals surface area contributed by atoms with Gasteiger partial charge in [0.1, 0.15) is 6.61 Å². The molecule has 1 atom stereocenters. The third-order valence-corrected chi connectivity index (χ3v) is 2.05. The molecule has 0 unspecified atom stereocenters. The predicted octanol–water partition coefficient (Wildman–Crippen LogP) is 0.944. The molecule has 5 heteroatoms. The van der Waals surface area contributed by atoms with E-state index in [4.69, 9.17) is 10.5 Å². The van der Waals surface area contributed by atoms with Gasteiger partial charge < -0.3 is 15.3 Å². The third-order valence-electron chi connectivity index (χ3n) is 2.05. The normalized spacial score (nSPS) is 11.1. The molecule has 0 heterocycles. The van der Waals surface area contributed by atoms with Crippen molar-refractivity contribution < 1.29 is 34.1 Å². The zero-order chi connectivity index (χ0) is 11.8. The van der Waals surface area contributed by atoms with Crippen molar-refractivity contribution in [3.05, 3.63) is 35.9 Å². The van der Waals surface area contributed by atoms with E-state index in [2.05, 4.69) is 0 Å². The van der Waals surface area contributed by atoms with Crippen molar-refractivity contribution in [1.29, 1.82) is 0 Å². The van der Waals surface area contributed by atoms with Crippen LogP contribution in [-0.4, -0.2) is 18.3 Å². The molecule has 0 aliphatic rings. The van der Waals surface area contributed by atoms with E-state index >= 15 is 0 Å². The summed E-state index contributed by atoms with van der Waals surface area (Å²) in [5.74, 6) is -0.352. The molecule has 0 bridgehead atoms. The molecule has 0 aliphatic carbocycles. The monoisotopic (exact) mass is 412 g/mol. The first-order valence-electron chi connectivity index (χ1n) is 5.05. The zero-order valence-electron chi connectivity index (χ0n) is 9.24. The largest absolute Gasteiger partial charge is 1.00 e. The molecular weight excluding hydrogens is 396 g/mol. The minimum absolute atomic E-state index is 0. The van der Waals surface area contributed by atoms with E-state index in [0.717, 1.165) is 5.56 Å². The average molecular weight is 410 g/mol. The summed E-state index contributed by atoms with van der Waals surface area (Å²) in [4.78, 5) is 21.3. The molecule has 0 fully saturated rings. The van der Waals surface area contributed by atoms with Gasteiger partial charge in [0, 0.05) is 6.42 Å². The van der Waals surface area contributed by atoms with Crippen molar-refractivity contribution >= 4 is 12.3 Å². The average Bonchev–Trinajstić information content (AvgIpc) is 2.34. The van der Waals surface area contributed by atoms with Gasteiger partial charge >= 0.3 is 25.8 Å². The second-order valence-corrected chi connectivity index (χ2v) is 3.41. The number of esters is 1. The van der Waals surface area contributed by atoms with Gasteiger partial charge in [-0.15, -0.1) is 0 Å². The quantitative estimate of drug-likeness (QED) is 0.560. The minimum Gasteiger partial charge on any atom is -0.540 e. The van der Waals surface area contributed by atoms with Crippen molar-refractivity contribution in [1.82, 2.24) is 0 Å². The van der Waals surface area contributed by atoms with Gasteiger partial charge in [-0.1, -0.05) is 42.8 Å². The summed E-state index contributed by atoms with van der Waals surface area (Å²) in [5, 5.41) is 0. The van der Waals surface area contributed by atoms with E-state index in [9.17, 15) is 9.59 Å². The van der Waals surface area contributed by atoms with Crippen molar-refractivity contribution in [3.8, 4) is 0 Å². The molecule has 0 saturated heterocycles. The zero-order valence-corrected chi connectivity index (χ0v) is 11.8. The first kappa shape index (κ1) is 16.0. The molecule has 17 heavy (non-hydrogen) atoms. The summed E-state index contributed by atoms with van der Waals surface area (Å²) in [5.41, 5.74) is 6.23. The van der Waals surface area contributed by atoms with Gasteiger partial charge in [-0.25, -0.2) is 6.29 Å². The Morgan fingerprint density at radius 2 is 2.00 bits per heavy atom. The van der Waals surface area contributed by atoms with Crippen LogP contribution in [0.15, 0.2) is 30.3 Å². The molecule has 0 saturated carbocycles. The summed E-state index contributed by atoms with van der Waals surface area (Å²) in [7, 11) is 0. The van der Waals surface area contributed by atoms with E-state index in [1.54, 1.807) is 6.29 Å². The third kappa shape index (κ3) is 6.99. The fourth-order valence-corrected chi connectivity index (χ4v) is 1.14. The van der Waals surface area contributed by atoms with Crippen LogP contribution in [0.3, 0.4) is 0 Å². The van der Waals surface area contributed by atoms with Gasteiger partial charge in [-0.05, 0) is 5.56 Å². The van der Waals surface area contributed by atoms with Crippen molar-refractivity contribution in [3.63, 3.8) is 0 Å². The second-order valence-electron chi connectivity index (χ2n) is 3.41. The maximum atomic E-state index is 11.2. The predicted molar refractivity (Wildman–Crippen MR) is 59.1 cm³/mol. The smallest absolute Gasteiger partial charge is 0.540 e. The number of hydrogen-bond acceptors (Lipinski definition) is 4. The Balaban J connectivity index is 0.00000256. The number of rotatable bonds is 6. The SMILES string of the molecule is N[C@H]([C-]=O)CCC(=O)OCc1ccccc1.[Os+]. The van der Waals surface area contributed by atoms with Gasteiger partial charge in [0.2, 0.25) is 0 Å². The number of benzene rings is 1. The molecule has 93 valence electrons. The fraction of sp³-hybridized carbons (Fsp3) is 0.333. The summed E-state index contributed by atoms with van der Waals surface area (Å²) in [6.07, 6.45) is 2.03. The number of carbonyl (C=O) groups is 1. The molecule has 0 aromatic heterocycles. The minimum atomic E-state index is -0.704. The van der Waals surface area contributed by atoms with Gasteiger partial charge in [-0.2, -0.15) is 0 Å². The molecule has 4 nitrogen and oxygen atoms in total. The topological polar surface area (TPSA) is 69.4 Å². The Kier molecular flexibility index (Phi) is 8.48. The van der Waals surface area contributed by atoms with Crippen molar-refractivity contribution in [2.45, 2.75) is 25.5 Å². The maximum absolute atomic E-state index is 11.2. The Morgan fingerprint density at radius 3 is 2.59 bits per heavy atom. The van der Waals surface area contributed by atoms with Crippen molar-refractivity contribution in [2.75, 3.05) is 0 Å². The summed E-state index contributed by atoms with van der Waals surface area (Å²) < 4.78 is 5.00. The Morgan fingerprint density at radius 1 is 1.35 bits per heavy atom. The van der Waals surface area contributed by atoms with Crippen LogP contribution < -0.4 is 5.73 Å². The Hall–Kier alpha value is -1.04. The van der Waals surface area contributed by atoms with Crippen LogP contribution in [0, 0.1) is 0 Å². The van der Waals surface area contributed by atoms with E-state index < -0.39 is 6.04 Å². The standard InChI is InChI=1S/C12H14NO3.Os/c13-11(8-14)6-7-12(15)16-9-10-4-2-1-3-5-10;/h1-5,11H,6-7,9,13H2;/q-1;+1/t11-;/m0./s1. The molecule has 1 aromatic rings. The molecule has 1 radical (unpaired) electrons. The Bertz CT molecular complexity index is 343. The van der Waals surface area contributed by atoms with Crippen LogP contribution in [0.1, 0.15) is 18.4 Å². The fourth-order valence-electron chi connectivity index (χ4n) is 1.14. The van der Waals surface area contributed by atoms with Crippen LogP contribution in [0.25, 0.3) is 0 Å². The molecule has 0 spiro atoms. The second kappa shape index (κ2) is 9.04. The van der Waals surface area contributed by atoms with E-state index in [0.29, 0.717) is 0 Å². The van der Waals surface area contributed by atoms with Crippen LogP contribution in [0.4, 0.5) is 0 Å². The van der Waals surface area contributed by atoms with Crippen LogP contribution >= 0.6 is 0 Å². The van der Waals surface area contributed by atoms with Crippen LogP contribution in [0.2, 0.25) is 0 Å².